The van der Waals surface area contributed by atoms with Gasteiger partial charge in [-0.05, 0) is 24.3 Å². The standard InChI is InChI=1S/C16H18N2O4/c1-4-5-6-7-21-16-17-14(20)13-11(8-10(2)3)9-12(19)22-15(13)18-16/h9-10H,4-5,8H2,1-3H3,(H,17,18,20). The van der Waals surface area contributed by atoms with Crippen molar-refractivity contribution in [2.75, 3.05) is 0 Å². The van der Waals surface area contributed by atoms with E-state index in [1.807, 2.05) is 20.8 Å². The van der Waals surface area contributed by atoms with Gasteiger partial charge < -0.3 is 9.15 Å². The average Bonchev–Trinajstić information content (AvgIpc) is 2.42. The molecule has 0 spiro atoms. The van der Waals surface area contributed by atoms with Gasteiger partial charge in [0.25, 0.3) is 5.56 Å². The molecule has 6 heteroatoms. The fourth-order valence-corrected chi connectivity index (χ4v) is 2.04. The molecule has 2 heterocycles. The molecule has 0 fully saturated rings. The number of nitrogens with one attached hydrogen (secondary N) is 1. The summed E-state index contributed by atoms with van der Waals surface area (Å²) in [6, 6.07) is 1.26. The van der Waals surface area contributed by atoms with Crippen molar-refractivity contribution in [2.24, 2.45) is 5.92 Å². The maximum Gasteiger partial charge on any atom is 0.337 e. The molecule has 0 atom stereocenters. The van der Waals surface area contributed by atoms with Crippen LogP contribution in [-0.4, -0.2) is 9.97 Å². The molecule has 0 saturated carbocycles. The first-order valence-corrected chi connectivity index (χ1v) is 7.23. The zero-order chi connectivity index (χ0) is 16.1. The first-order chi connectivity index (χ1) is 10.5. The number of aromatic amines is 1. The van der Waals surface area contributed by atoms with Crippen LogP contribution in [0.5, 0.6) is 6.01 Å². The molecule has 22 heavy (non-hydrogen) atoms. The lowest BCUT2D eigenvalue weighted by molar-refractivity contribution is 0.462. The summed E-state index contributed by atoms with van der Waals surface area (Å²) in [5, 5.41) is 0.280. The monoisotopic (exact) mass is 302 g/mol. The summed E-state index contributed by atoms with van der Waals surface area (Å²) < 4.78 is 10.1. The van der Waals surface area contributed by atoms with Gasteiger partial charge in [0.05, 0.1) is 0 Å². The first-order valence-electron chi connectivity index (χ1n) is 7.23. The fourth-order valence-electron chi connectivity index (χ4n) is 2.04. The molecule has 6 nitrogen and oxygen atoms in total. The number of hydrogen-bond acceptors (Lipinski definition) is 5. The minimum atomic E-state index is -0.538. The molecule has 0 bridgehead atoms. The number of nitrogens with zero attached hydrogens (tertiary/aromatic N) is 1. The molecule has 0 aliphatic rings. The van der Waals surface area contributed by atoms with Crippen LogP contribution in [0, 0.1) is 17.9 Å². The smallest absolute Gasteiger partial charge is 0.337 e. The van der Waals surface area contributed by atoms with Gasteiger partial charge in [-0.25, -0.2) is 4.79 Å². The lowest BCUT2D eigenvalue weighted by Gasteiger charge is -2.06. The quantitative estimate of drug-likeness (QED) is 0.875. The predicted octanol–water partition coefficient (Wildman–Crippen LogP) is 2.21. The van der Waals surface area contributed by atoms with Gasteiger partial charge in [0.1, 0.15) is 11.5 Å². The number of ether oxygens (including phenoxy) is 1. The Kier molecular flexibility index (Phi) is 4.99. The van der Waals surface area contributed by atoms with E-state index in [0.29, 0.717) is 24.3 Å². The SMILES string of the molecule is CCCC#COc1nc2oc(=O)cc(CC(C)C)c2c(=O)[nH]1. The van der Waals surface area contributed by atoms with Gasteiger partial charge in [-0.2, -0.15) is 4.98 Å². The number of aromatic nitrogens is 2. The Balaban J connectivity index is 2.49. The van der Waals surface area contributed by atoms with Crippen LogP contribution >= 0.6 is 0 Å². The van der Waals surface area contributed by atoms with Crippen LogP contribution in [0.3, 0.4) is 0 Å². The molecule has 0 amide bonds. The van der Waals surface area contributed by atoms with Crippen LogP contribution in [-0.2, 0) is 6.42 Å². The van der Waals surface area contributed by atoms with Gasteiger partial charge in [0.15, 0.2) is 0 Å². The van der Waals surface area contributed by atoms with Crippen LogP contribution < -0.4 is 15.9 Å². The second kappa shape index (κ2) is 6.94. The zero-order valence-corrected chi connectivity index (χ0v) is 12.9. The van der Waals surface area contributed by atoms with E-state index in [1.165, 1.54) is 6.07 Å². The summed E-state index contributed by atoms with van der Waals surface area (Å²) in [6.45, 7) is 6.00. The molecule has 0 radical (unpaired) electrons. The lowest BCUT2D eigenvalue weighted by atomic mass is 10.0. The van der Waals surface area contributed by atoms with E-state index in [4.69, 9.17) is 9.15 Å². The summed E-state index contributed by atoms with van der Waals surface area (Å²) >= 11 is 0. The molecule has 0 aliphatic heterocycles. The highest BCUT2D eigenvalue weighted by atomic mass is 16.5. The van der Waals surface area contributed by atoms with E-state index < -0.39 is 11.2 Å². The maximum atomic E-state index is 12.2. The second-order valence-electron chi connectivity index (χ2n) is 5.37. The van der Waals surface area contributed by atoms with E-state index in [-0.39, 0.29) is 17.1 Å². The van der Waals surface area contributed by atoms with Crippen molar-refractivity contribution in [3.8, 4) is 18.0 Å². The third-order valence-corrected chi connectivity index (χ3v) is 2.90. The van der Waals surface area contributed by atoms with E-state index in [9.17, 15) is 9.59 Å². The third-order valence-electron chi connectivity index (χ3n) is 2.90. The molecule has 0 saturated heterocycles. The molecule has 2 aromatic heterocycles. The van der Waals surface area contributed by atoms with Crippen molar-refractivity contribution >= 4 is 11.1 Å². The van der Waals surface area contributed by atoms with Gasteiger partial charge in [-0.3, -0.25) is 9.78 Å². The molecule has 116 valence electrons. The van der Waals surface area contributed by atoms with Gasteiger partial charge >= 0.3 is 11.6 Å². The summed E-state index contributed by atoms with van der Waals surface area (Å²) in [6.07, 6.45) is 4.63. The summed E-state index contributed by atoms with van der Waals surface area (Å²) in [7, 11) is 0. The van der Waals surface area contributed by atoms with Crippen molar-refractivity contribution in [2.45, 2.75) is 40.0 Å². The Bertz CT molecular complexity index is 837. The van der Waals surface area contributed by atoms with Crippen LogP contribution in [0.15, 0.2) is 20.1 Å². The fraction of sp³-hybridized carbons (Fsp3) is 0.438. The molecular weight excluding hydrogens is 284 g/mol. The number of rotatable bonds is 4. The highest BCUT2D eigenvalue weighted by molar-refractivity contribution is 5.75. The van der Waals surface area contributed by atoms with Crippen molar-refractivity contribution in [3.05, 3.63) is 32.4 Å². The van der Waals surface area contributed by atoms with Gasteiger partial charge in [-0.1, -0.05) is 26.7 Å². The number of hydrogen-bond donors (Lipinski definition) is 1. The predicted molar refractivity (Wildman–Crippen MR) is 82.8 cm³/mol. The van der Waals surface area contributed by atoms with E-state index in [2.05, 4.69) is 22.0 Å². The molecule has 2 aromatic rings. The van der Waals surface area contributed by atoms with E-state index in [0.717, 1.165) is 6.42 Å². The van der Waals surface area contributed by atoms with Gasteiger partial charge in [0, 0.05) is 12.5 Å². The molecule has 2 rings (SSSR count). The highest BCUT2D eigenvalue weighted by Gasteiger charge is 2.14. The van der Waals surface area contributed by atoms with Crippen LogP contribution in [0.2, 0.25) is 0 Å². The van der Waals surface area contributed by atoms with Crippen molar-refractivity contribution in [1.29, 1.82) is 0 Å². The van der Waals surface area contributed by atoms with Gasteiger partial charge in [0.2, 0.25) is 5.71 Å². The Hall–Kier alpha value is -2.55. The summed E-state index contributed by atoms with van der Waals surface area (Å²) in [5.41, 5.74) is -0.348. The van der Waals surface area contributed by atoms with Gasteiger partial charge in [-0.15, -0.1) is 0 Å². The second-order valence-corrected chi connectivity index (χ2v) is 5.37. The summed E-state index contributed by atoms with van der Waals surface area (Å²) in [5.74, 6) is 3.07. The molecular formula is C16H18N2O4. The number of fused-ring (bicyclic) bond motifs is 1. The van der Waals surface area contributed by atoms with E-state index in [1.54, 1.807) is 0 Å². The van der Waals surface area contributed by atoms with Crippen molar-refractivity contribution < 1.29 is 9.15 Å². The lowest BCUT2D eigenvalue weighted by Crippen LogP contribution is -2.15. The minimum Gasteiger partial charge on any atom is -0.403 e. The normalized spacial score (nSPS) is 10.5. The zero-order valence-electron chi connectivity index (χ0n) is 12.9. The minimum absolute atomic E-state index is 0.0285. The highest BCUT2D eigenvalue weighted by Crippen LogP contribution is 2.16. The molecule has 0 aromatic carbocycles. The third kappa shape index (κ3) is 3.76. The largest absolute Gasteiger partial charge is 0.403 e. The Morgan fingerprint density at radius 2 is 2.18 bits per heavy atom. The number of unbranched alkanes of at least 4 members (excludes halogenated alkanes) is 1. The topological polar surface area (TPSA) is 85.2 Å². The summed E-state index contributed by atoms with van der Waals surface area (Å²) in [4.78, 5) is 30.4. The van der Waals surface area contributed by atoms with Crippen molar-refractivity contribution in [3.63, 3.8) is 0 Å². The van der Waals surface area contributed by atoms with E-state index >= 15 is 0 Å². The molecule has 0 aliphatic carbocycles. The Morgan fingerprint density at radius 3 is 2.86 bits per heavy atom. The first kappa shape index (κ1) is 15.8. The Labute approximate surface area is 127 Å². The Morgan fingerprint density at radius 1 is 1.41 bits per heavy atom. The molecule has 0 unspecified atom stereocenters. The maximum absolute atomic E-state index is 12.2. The van der Waals surface area contributed by atoms with Crippen LogP contribution in [0.4, 0.5) is 0 Å². The number of H-pyrrole nitrogens is 1. The average molecular weight is 302 g/mol. The molecule has 1 N–H and O–H groups in total. The van der Waals surface area contributed by atoms with Crippen LogP contribution in [0.25, 0.3) is 11.1 Å². The van der Waals surface area contributed by atoms with Crippen LogP contribution in [0.1, 0.15) is 39.2 Å². The van der Waals surface area contributed by atoms with Crippen molar-refractivity contribution in [1.82, 2.24) is 9.97 Å².